The van der Waals surface area contributed by atoms with Crippen molar-refractivity contribution >= 4 is 22.5 Å². The normalized spacial score (nSPS) is 17.2. The number of halogens is 5. The highest BCUT2D eigenvalue weighted by Gasteiger charge is 2.46. The molecule has 152 valence electrons. The molecule has 1 unspecified atom stereocenters. The highest BCUT2D eigenvalue weighted by Crippen LogP contribution is 2.35. The lowest BCUT2D eigenvalue weighted by Crippen LogP contribution is -2.56. The van der Waals surface area contributed by atoms with Gasteiger partial charge in [0.2, 0.25) is 0 Å². The van der Waals surface area contributed by atoms with Gasteiger partial charge in [-0.25, -0.2) is 22.0 Å². The van der Waals surface area contributed by atoms with Crippen LogP contribution in [0.25, 0.3) is 10.9 Å². The van der Waals surface area contributed by atoms with Gasteiger partial charge in [-0.05, 0) is 25.1 Å². The van der Waals surface area contributed by atoms with Gasteiger partial charge < -0.3 is 10.3 Å². The first kappa shape index (κ1) is 19.4. The number of carbonyl (C=O) groups is 1. The fourth-order valence-electron chi connectivity index (χ4n) is 3.44. The average molecular weight is 409 g/mol. The third kappa shape index (κ3) is 3.57. The number of hydrogen-bond acceptors (Lipinski definition) is 2. The molecule has 1 atom stereocenters. The van der Waals surface area contributed by atoms with Crippen LogP contribution in [0.3, 0.4) is 0 Å². The number of nitrogens with one attached hydrogen (secondary N) is 2. The quantitative estimate of drug-likeness (QED) is 0.606. The monoisotopic (exact) mass is 409 g/mol. The third-order valence-corrected chi connectivity index (χ3v) is 5.10. The van der Waals surface area contributed by atoms with Gasteiger partial charge in [0.1, 0.15) is 5.82 Å². The number of likely N-dealkylation sites (tertiary alicyclic amines) is 1. The van der Waals surface area contributed by atoms with Crippen LogP contribution < -0.4 is 5.32 Å². The summed E-state index contributed by atoms with van der Waals surface area (Å²) < 4.78 is 67.4. The second-order valence-electron chi connectivity index (χ2n) is 7.14. The number of hydrogen-bond donors (Lipinski definition) is 2. The Kier molecular flexibility index (Phi) is 4.57. The summed E-state index contributed by atoms with van der Waals surface area (Å²) in [7, 11) is 0. The largest absolute Gasteiger partial charge is 0.359 e. The predicted octanol–water partition coefficient (Wildman–Crippen LogP) is 4.85. The Morgan fingerprint density at radius 3 is 2.45 bits per heavy atom. The summed E-state index contributed by atoms with van der Waals surface area (Å²) in [5.74, 6) is -6.18. The Morgan fingerprint density at radius 2 is 1.79 bits per heavy atom. The molecular formula is C20H16F5N3O. The molecule has 1 aromatic heterocycles. The molecule has 0 spiro atoms. The van der Waals surface area contributed by atoms with E-state index in [0.717, 1.165) is 18.2 Å². The number of amides is 1. The van der Waals surface area contributed by atoms with Crippen LogP contribution in [0, 0.1) is 17.5 Å². The minimum absolute atomic E-state index is 0.00400. The lowest BCUT2D eigenvalue weighted by Gasteiger charge is -2.42. The molecule has 2 heterocycles. The summed E-state index contributed by atoms with van der Waals surface area (Å²) in [5, 5.41) is 2.79. The van der Waals surface area contributed by atoms with Gasteiger partial charge in [-0.3, -0.25) is 9.69 Å². The van der Waals surface area contributed by atoms with Gasteiger partial charge in [-0.2, -0.15) is 0 Å². The number of rotatable bonds is 4. The Balaban J connectivity index is 1.52. The van der Waals surface area contributed by atoms with Gasteiger partial charge in [-0.15, -0.1) is 0 Å². The predicted molar refractivity (Wildman–Crippen MR) is 97.5 cm³/mol. The number of anilines is 1. The van der Waals surface area contributed by atoms with Crippen LogP contribution in [0.2, 0.25) is 0 Å². The molecule has 1 fully saturated rings. The maximum absolute atomic E-state index is 14.5. The molecule has 1 aliphatic rings. The van der Waals surface area contributed by atoms with E-state index < -0.39 is 48.4 Å². The van der Waals surface area contributed by atoms with E-state index in [-0.39, 0.29) is 22.2 Å². The molecule has 4 rings (SSSR count). The first-order valence-corrected chi connectivity index (χ1v) is 8.83. The van der Waals surface area contributed by atoms with Crippen molar-refractivity contribution < 1.29 is 26.7 Å². The molecule has 0 saturated carbocycles. The van der Waals surface area contributed by atoms with E-state index in [1.165, 1.54) is 23.2 Å². The van der Waals surface area contributed by atoms with Crippen LogP contribution in [0.4, 0.5) is 27.6 Å². The van der Waals surface area contributed by atoms with Crippen LogP contribution in [0.5, 0.6) is 0 Å². The van der Waals surface area contributed by atoms with Gasteiger partial charge in [0.05, 0.1) is 24.3 Å². The van der Waals surface area contributed by atoms with Crippen LogP contribution in [0.1, 0.15) is 28.9 Å². The van der Waals surface area contributed by atoms with Gasteiger partial charge in [-0.1, -0.05) is 6.07 Å². The second-order valence-corrected chi connectivity index (χ2v) is 7.14. The van der Waals surface area contributed by atoms with Gasteiger partial charge in [0.15, 0.2) is 11.6 Å². The van der Waals surface area contributed by atoms with E-state index >= 15 is 0 Å². The molecule has 0 bridgehead atoms. The average Bonchev–Trinajstić information content (AvgIpc) is 3.01. The lowest BCUT2D eigenvalue weighted by molar-refractivity contribution is -0.144. The smallest absolute Gasteiger partial charge is 0.272 e. The summed E-state index contributed by atoms with van der Waals surface area (Å²) in [6.07, 6.45) is 1.37. The topological polar surface area (TPSA) is 48.1 Å². The Hall–Kier alpha value is -2.94. The first-order chi connectivity index (χ1) is 13.6. The lowest BCUT2D eigenvalue weighted by atomic mass is 9.99. The summed E-state index contributed by atoms with van der Waals surface area (Å²) in [6, 6.07) is 5.15. The number of aromatic nitrogens is 1. The molecule has 0 aliphatic carbocycles. The summed E-state index contributed by atoms with van der Waals surface area (Å²) in [5.41, 5.74) is 0.719. The molecule has 29 heavy (non-hydrogen) atoms. The van der Waals surface area contributed by atoms with Crippen molar-refractivity contribution in [2.24, 2.45) is 0 Å². The van der Waals surface area contributed by atoms with E-state index in [0.29, 0.717) is 5.52 Å². The SMILES string of the molecule is CC(c1ccc(C(=O)Nc2c[nH]c3cc(F)c(F)cc23)cc1F)N1CC(F)(F)C1. The fourth-order valence-corrected chi connectivity index (χ4v) is 3.44. The van der Waals surface area contributed by atoms with Crippen molar-refractivity contribution in [2.75, 3.05) is 18.4 Å². The van der Waals surface area contributed by atoms with Crippen molar-refractivity contribution in [2.45, 2.75) is 18.9 Å². The first-order valence-electron chi connectivity index (χ1n) is 8.83. The van der Waals surface area contributed by atoms with Crippen molar-refractivity contribution in [1.29, 1.82) is 0 Å². The van der Waals surface area contributed by atoms with Crippen LogP contribution in [-0.2, 0) is 0 Å². The van der Waals surface area contributed by atoms with Crippen molar-refractivity contribution in [3.8, 4) is 0 Å². The minimum atomic E-state index is -2.76. The van der Waals surface area contributed by atoms with E-state index in [4.69, 9.17) is 0 Å². The maximum atomic E-state index is 14.5. The second kappa shape index (κ2) is 6.84. The molecule has 3 aromatic rings. The van der Waals surface area contributed by atoms with Crippen molar-refractivity contribution in [3.05, 3.63) is 65.1 Å². The zero-order valence-electron chi connectivity index (χ0n) is 15.2. The molecule has 1 saturated heterocycles. The number of H-pyrrole nitrogens is 1. The van der Waals surface area contributed by atoms with E-state index in [1.54, 1.807) is 6.92 Å². The van der Waals surface area contributed by atoms with E-state index in [2.05, 4.69) is 10.3 Å². The maximum Gasteiger partial charge on any atom is 0.272 e. The number of benzene rings is 2. The standard InChI is InChI=1S/C20H16F5N3O/c1-10(28-8-20(24,25)9-28)12-3-2-11(4-14(12)21)19(29)27-18-7-26-17-6-16(23)15(22)5-13(17)18/h2-7,10,26H,8-9H2,1H3,(H,27,29). The Labute approximate surface area is 162 Å². The van der Waals surface area contributed by atoms with E-state index in [1.807, 2.05) is 0 Å². The molecule has 0 radical (unpaired) electrons. The summed E-state index contributed by atoms with van der Waals surface area (Å²) in [6.45, 7) is 0.744. The van der Waals surface area contributed by atoms with Crippen LogP contribution in [0.15, 0.2) is 36.5 Å². The Bertz CT molecular complexity index is 1100. The van der Waals surface area contributed by atoms with Crippen LogP contribution >= 0.6 is 0 Å². The van der Waals surface area contributed by atoms with Gasteiger partial charge in [0.25, 0.3) is 11.8 Å². The van der Waals surface area contributed by atoms with Crippen molar-refractivity contribution in [3.63, 3.8) is 0 Å². The van der Waals surface area contributed by atoms with Gasteiger partial charge >= 0.3 is 0 Å². The summed E-state index contributed by atoms with van der Waals surface area (Å²) >= 11 is 0. The number of nitrogens with zero attached hydrogens (tertiary/aromatic N) is 1. The number of aromatic amines is 1. The van der Waals surface area contributed by atoms with Crippen LogP contribution in [-0.4, -0.2) is 34.8 Å². The molecule has 2 aromatic carbocycles. The fraction of sp³-hybridized carbons (Fsp3) is 0.250. The highest BCUT2D eigenvalue weighted by molar-refractivity contribution is 6.09. The molecule has 1 aliphatic heterocycles. The highest BCUT2D eigenvalue weighted by atomic mass is 19.3. The summed E-state index contributed by atoms with van der Waals surface area (Å²) in [4.78, 5) is 16.6. The minimum Gasteiger partial charge on any atom is -0.359 e. The van der Waals surface area contributed by atoms with Crippen molar-refractivity contribution in [1.82, 2.24) is 9.88 Å². The zero-order valence-corrected chi connectivity index (χ0v) is 15.2. The molecule has 4 nitrogen and oxygen atoms in total. The zero-order chi connectivity index (χ0) is 20.9. The molecule has 9 heteroatoms. The molecule has 1 amide bonds. The Morgan fingerprint density at radius 1 is 1.10 bits per heavy atom. The molecule has 2 N–H and O–H groups in total. The number of carbonyl (C=O) groups excluding carboxylic acids is 1. The third-order valence-electron chi connectivity index (χ3n) is 5.10. The molecular weight excluding hydrogens is 393 g/mol. The van der Waals surface area contributed by atoms with Gasteiger partial charge in [0, 0.05) is 34.8 Å². The van der Waals surface area contributed by atoms with E-state index in [9.17, 15) is 26.7 Å². The number of fused-ring (bicyclic) bond motifs is 1. The number of alkyl halides is 2.